The number of halogens is 6. The number of benzene rings is 2. The molecule has 29 heavy (non-hydrogen) atoms. The summed E-state index contributed by atoms with van der Waals surface area (Å²) in [6.45, 7) is 0. The van der Waals surface area contributed by atoms with Crippen LogP contribution in [0.5, 0.6) is 5.75 Å². The number of rotatable bonds is 1. The summed E-state index contributed by atoms with van der Waals surface area (Å²) >= 11 is 10.0. The van der Waals surface area contributed by atoms with Gasteiger partial charge in [-0.25, -0.2) is 4.39 Å². The summed E-state index contributed by atoms with van der Waals surface area (Å²) in [7, 11) is 0. The van der Waals surface area contributed by atoms with Crippen molar-refractivity contribution in [3.63, 3.8) is 0 Å². The Kier molecular flexibility index (Phi) is 4.38. The Hall–Kier alpha value is -1.77. The second-order valence-electron chi connectivity index (χ2n) is 6.87. The molecule has 2 aromatic carbocycles. The summed E-state index contributed by atoms with van der Waals surface area (Å²) < 4.78 is 60.9. The predicted molar refractivity (Wildman–Crippen MR) is 107 cm³/mol. The zero-order chi connectivity index (χ0) is 20.5. The quantitative estimate of drug-likeness (QED) is 0.318. The van der Waals surface area contributed by atoms with Gasteiger partial charge in [-0.1, -0.05) is 27.5 Å². The minimum atomic E-state index is -4.43. The molecule has 2 aliphatic rings. The Bertz CT molecular complexity index is 1130. The van der Waals surface area contributed by atoms with Crippen molar-refractivity contribution in [2.45, 2.75) is 24.9 Å². The molecule has 150 valence electrons. The van der Waals surface area contributed by atoms with Crippen LogP contribution in [-0.4, -0.2) is 0 Å². The van der Waals surface area contributed by atoms with Gasteiger partial charge in [-0.15, -0.1) is 11.3 Å². The van der Waals surface area contributed by atoms with E-state index in [0.717, 1.165) is 17.3 Å². The first-order valence-electron chi connectivity index (χ1n) is 8.61. The minimum absolute atomic E-state index is 0.323. The van der Waals surface area contributed by atoms with E-state index < -0.39 is 29.1 Å². The average Bonchev–Trinajstić information content (AvgIpc) is 3.24. The highest BCUT2D eigenvalue weighted by Gasteiger charge is 2.45. The van der Waals surface area contributed by atoms with Crippen molar-refractivity contribution in [2.24, 2.45) is 0 Å². The Morgan fingerprint density at radius 3 is 2.66 bits per heavy atom. The standard InChI is InChI=1S/C20H11BrClF4NOS/c21-10-7-12(23)18-14-6-9-5-11(22)1-2-13(9)27(14)19(28-15(18)8-10)16-3-4-17(29-16)20(24,25)26/h1-5,7-8,14,19H,6H2. The summed E-state index contributed by atoms with van der Waals surface area (Å²) in [5.74, 6) is -0.104. The van der Waals surface area contributed by atoms with Crippen molar-refractivity contribution in [3.8, 4) is 5.75 Å². The van der Waals surface area contributed by atoms with Gasteiger partial charge in [-0.2, -0.15) is 13.2 Å². The molecule has 2 atom stereocenters. The molecule has 3 heterocycles. The highest BCUT2D eigenvalue weighted by molar-refractivity contribution is 9.10. The molecule has 0 fully saturated rings. The molecule has 0 aliphatic carbocycles. The molecule has 9 heteroatoms. The monoisotopic (exact) mass is 503 g/mol. The van der Waals surface area contributed by atoms with Gasteiger partial charge in [0.15, 0.2) is 0 Å². The molecule has 5 rings (SSSR count). The lowest BCUT2D eigenvalue weighted by Crippen LogP contribution is -2.37. The first-order chi connectivity index (χ1) is 13.7. The fourth-order valence-corrected chi connectivity index (χ4v) is 5.47. The Morgan fingerprint density at radius 1 is 1.14 bits per heavy atom. The molecular formula is C20H11BrClF4NOS. The highest BCUT2D eigenvalue weighted by Crippen LogP contribution is 2.54. The third-order valence-corrected chi connectivity index (χ3v) is 6.95. The highest BCUT2D eigenvalue weighted by atomic mass is 79.9. The van der Waals surface area contributed by atoms with E-state index in [1.54, 1.807) is 24.3 Å². The van der Waals surface area contributed by atoms with Crippen LogP contribution in [0.2, 0.25) is 5.02 Å². The van der Waals surface area contributed by atoms with E-state index in [4.69, 9.17) is 16.3 Å². The fraction of sp³-hybridized carbons (Fsp3) is 0.200. The molecule has 0 radical (unpaired) electrons. The molecule has 3 aromatic rings. The lowest BCUT2D eigenvalue weighted by Gasteiger charge is -2.40. The van der Waals surface area contributed by atoms with Crippen LogP contribution in [0, 0.1) is 5.82 Å². The van der Waals surface area contributed by atoms with E-state index in [1.807, 2.05) is 4.90 Å². The number of ether oxygens (including phenoxy) is 1. The predicted octanol–water partition coefficient (Wildman–Crippen LogP) is 7.52. The second-order valence-corrected chi connectivity index (χ2v) is 9.34. The maximum atomic E-state index is 14.9. The smallest absolute Gasteiger partial charge is 0.425 e. The molecule has 2 aliphatic heterocycles. The first kappa shape index (κ1) is 19.2. The lowest BCUT2D eigenvalue weighted by atomic mass is 9.99. The summed E-state index contributed by atoms with van der Waals surface area (Å²) in [6, 6.07) is 10.4. The molecule has 0 saturated carbocycles. The van der Waals surface area contributed by atoms with Crippen molar-refractivity contribution in [2.75, 3.05) is 4.90 Å². The Labute approximate surface area is 180 Å². The number of hydrogen-bond acceptors (Lipinski definition) is 3. The largest absolute Gasteiger partial charge is 0.465 e. The van der Waals surface area contributed by atoms with Crippen molar-refractivity contribution in [1.29, 1.82) is 0 Å². The SMILES string of the molecule is Fc1cc(Br)cc2c1C1Cc3cc(Cl)ccc3N1C(c1ccc(C(F)(F)F)s1)O2. The van der Waals surface area contributed by atoms with Gasteiger partial charge in [0.25, 0.3) is 0 Å². The molecular weight excluding hydrogens is 494 g/mol. The molecule has 0 bridgehead atoms. The summed E-state index contributed by atoms with van der Waals surface area (Å²) in [6.07, 6.45) is -4.75. The van der Waals surface area contributed by atoms with Crippen LogP contribution in [0.4, 0.5) is 23.2 Å². The number of thiophene rings is 1. The van der Waals surface area contributed by atoms with Gasteiger partial charge in [0.2, 0.25) is 6.23 Å². The zero-order valence-corrected chi connectivity index (χ0v) is 17.6. The van der Waals surface area contributed by atoms with E-state index in [1.165, 1.54) is 12.1 Å². The topological polar surface area (TPSA) is 12.5 Å². The van der Waals surface area contributed by atoms with Crippen molar-refractivity contribution >= 4 is 44.6 Å². The molecule has 0 spiro atoms. The Morgan fingerprint density at radius 2 is 1.93 bits per heavy atom. The fourth-order valence-electron chi connectivity index (χ4n) is 3.97. The number of nitrogens with zero attached hydrogens (tertiary/aromatic N) is 1. The molecule has 0 saturated heterocycles. The average molecular weight is 505 g/mol. The maximum absolute atomic E-state index is 14.9. The Balaban J connectivity index is 1.68. The van der Waals surface area contributed by atoms with Crippen LogP contribution >= 0.6 is 38.9 Å². The van der Waals surface area contributed by atoms with E-state index in [-0.39, 0.29) is 0 Å². The number of hydrogen-bond donors (Lipinski definition) is 0. The van der Waals surface area contributed by atoms with Crippen LogP contribution in [0.1, 0.15) is 33.2 Å². The van der Waals surface area contributed by atoms with Crippen LogP contribution < -0.4 is 9.64 Å². The van der Waals surface area contributed by atoms with Gasteiger partial charge >= 0.3 is 6.18 Å². The third-order valence-electron chi connectivity index (χ3n) is 5.10. The zero-order valence-electron chi connectivity index (χ0n) is 14.4. The van der Waals surface area contributed by atoms with E-state index in [0.29, 0.717) is 43.4 Å². The van der Waals surface area contributed by atoms with E-state index >= 15 is 0 Å². The molecule has 2 unspecified atom stereocenters. The van der Waals surface area contributed by atoms with Crippen LogP contribution in [0.15, 0.2) is 46.9 Å². The van der Waals surface area contributed by atoms with Gasteiger partial charge in [0, 0.05) is 15.2 Å². The normalized spacial score (nSPS) is 20.1. The molecule has 2 nitrogen and oxygen atoms in total. The van der Waals surface area contributed by atoms with Gasteiger partial charge in [-0.05, 0) is 54.4 Å². The number of alkyl halides is 3. The van der Waals surface area contributed by atoms with Gasteiger partial charge in [0.05, 0.1) is 16.5 Å². The van der Waals surface area contributed by atoms with Crippen LogP contribution in [-0.2, 0) is 12.6 Å². The van der Waals surface area contributed by atoms with Crippen molar-refractivity contribution in [3.05, 3.63) is 78.7 Å². The summed E-state index contributed by atoms with van der Waals surface area (Å²) in [4.78, 5) is 1.54. The number of anilines is 1. The first-order valence-corrected chi connectivity index (χ1v) is 10.6. The van der Waals surface area contributed by atoms with Crippen LogP contribution in [0.3, 0.4) is 0 Å². The summed E-state index contributed by atoms with van der Waals surface area (Å²) in [5.41, 5.74) is 2.07. The van der Waals surface area contributed by atoms with Gasteiger partial charge in [-0.3, -0.25) is 0 Å². The van der Waals surface area contributed by atoms with Gasteiger partial charge in [0.1, 0.15) is 16.4 Å². The van der Waals surface area contributed by atoms with Crippen LogP contribution in [0.25, 0.3) is 0 Å². The van der Waals surface area contributed by atoms with E-state index in [2.05, 4.69) is 15.9 Å². The molecule has 1 aromatic heterocycles. The second kappa shape index (κ2) is 6.62. The molecule has 0 amide bonds. The minimum Gasteiger partial charge on any atom is -0.465 e. The summed E-state index contributed by atoms with van der Waals surface area (Å²) in [5, 5.41) is 0.549. The third kappa shape index (κ3) is 3.12. The van der Waals surface area contributed by atoms with Crippen molar-refractivity contribution in [1.82, 2.24) is 0 Å². The number of fused-ring (bicyclic) bond motifs is 5. The van der Waals surface area contributed by atoms with E-state index in [9.17, 15) is 17.6 Å². The molecule has 0 N–H and O–H groups in total. The van der Waals surface area contributed by atoms with Gasteiger partial charge < -0.3 is 9.64 Å². The van der Waals surface area contributed by atoms with Crippen molar-refractivity contribution < 1.29 is 22.3 Å². The lowest BCUT2D eigenvalue weighted by molar-refractivity contribution is -0.134. The maximum Gasteiger partial charge on any atom is 0.425 e.